The largest absolute Gasteiger partial charge is 0.338 e. The molecule has 0 radical (unpaired) electrons. The van der Waals surface area contributed by atoms with Crippen LogP contribution in [0.15, 0.2) is 15.1 Å². The van der Waals surface area contributed by atoms with Gasteiger partial charge in [-0.1, -0.05) is 5.16 Å². The van der Waals surface area contributed by atoms with E-state index in [1.54, 1.807) is 0 Å². The van der Waals surface area contributed by atoms with Gasteiger partial charge in [-0.3, -0.25) is 0 Å². The van der Waals surface area contributed by atoms with Crippen LogP contribution in [0.25, 0.3) is 11.4 Å². The molecule has 0 unspecified atom stereocenters. The van der Waals surface area contributed by atoms with Crippen LogP contribution in [0.1, 0.15) is 5.89 Å². The Hall–Kier alpha value is -1.41. The summed E-state index contributed by atoms with van der Waals surface area (Å²) in [7, 11) is 0. The predicted octanol–water partition coefficient (Wildman–Crippen LogP) is 2.38. The molecule has 0 aliphatic heterocycles. The molecule has 1 aromatic carbocycles. The van der Waals surface area contributed by atoms with Gasteiger partial charge in [0.15, 0.2) is 17.5 Å². The van der Waals surface area contributed by atoms with E-state index in [1.165, 1.54) is 0 Å². The molecule has 17 heavy (non-hydrogen) atoms. The predicted molar refractivity (Wildman–Crippen MR) is 55.2 cm³/mol. The highest BCUT2D eigenvalue weighted by atomic mass is 79.9. The normalized spacial score (nSPS) is 10.9. The first-order valence-electron chi connectivity index (χ1n) is 4.40. The molecule has 4 nitrogen and oxygen atoms in total. The lowest BCUT2D eigenvalue weighted by molar-refractivity contribution is 0.380. The zero-order valence-electron chi connectivity index (χ0n) is 8.18. The second kappa shape index (κ2) is 4.46. The average Bonchev–Trinajstić information content (AvgIpc) is 2.75. The van der Waals surface area contributed by atoms with Crippen molar-refractivity contribution in [3.8, 4) is 11.4 Å². The summed E-state index contributed by atoms with van der Waals surface area (Å²) in [4.78, 5) is 3.63. The Morgan fingerprint density at radius 1 is 1.29 bits per heavy atom. The SMILES string of the molecule is NCc1nc(-c2c(F)c(F)cc(Br)c2F)no1. The highest BCUT2D eigenvalue weighted by Gasteiger charge is 2.23. The van der Waals surface area contributed by atoms with Gasteiger partial charge < -0.3 is 10.3 Å². The summed E-state index contributed by atoms with van der Waals surface area (Å²) in [5, 5.41) is 3.33. The Morgan fingerprint density at radius 2 is 2.00 bits per heavy atom. The van der Waals surface area contributed by atoms with Crippen LogP contribution >= 0.6 is 15.9 Å². The highest BCUT2D eigenvalue weighted by molar-refractivity contribution is 9.10. The Balaban J connectivity index is 2.65. The summed E-state index contributed by atoms with van der Waals surface area (Å²) in [6.45, 7) is -0.0767. The first-order valence-corrected chi connectivity index (χ1v) is 5.20. The van der Waals surface area contributed by atoms with Gasteiger partial charge >= 0.3 is 0 Å². The molecule has 1 heterocycles. The van der Waals surface area contributed by atoms with E-state index in [0.29, 0.717) is 6.07 Å². The lowest BCUT2D eigenvalue weighted by atomic mass is 10.2. The molecule has 0 aliphatic rings. The van der Waals surface area contributed by atoms with Gasteiger partial charge in [-0.2, -0.15) is 4.98 Å². The fraction of sp³-hybridized carbons (Fsp3) is 0.111. The number of hydrogen-bond acceptors (Lipinski definition) is 4. The third-order valence-corrected chi connectivity index (χ3v) is 2.56. The van der Waals surface area contributed by atoms with E-state index >= 15 is 0 Å². The van der Waals surface area contributed by atoms with Crippen molar-refractivity contribution in [1.29, 1.82) is 0 Å². The van der Waals surface area contributed by atoms with Crippen LogP contribution in [-0.4, -0.2) is 10.1 Å². The fourth-order valence-corrected chi connectivity index (χ4v) is 1.61. The van der Waals surface area contributed by atoms with E-state index in [1.807, 2.05) is 0 Å². The number of nitrogens with zero attached hydrogens (tertiary/aromatic N) is 2. The van der Waals surface area contributed by atoms with Gasteiger partial charge in [-0.15, -0.1) is 0 Å². The molecule has 0 amide bonds. The van der Waals surface area contributed by atoms with Gasteiger partial charge in [0.1, 0.15) is 0 Å². The molecule has 2 rings (SSSR count). The van der Waals surface area contributed by atoms with Crippen LogP contribution in [0.3, 0.4) is 0 Å². The van der Waals surface area contributed by atoms with Crippen LogP contribution < -0.4 is 5.73 Å². The first kappa shape index (κ1) is 12.1. The summed E-state index contributed by atoms with van der Waals surface area (Å²) in [6.07, 6.45) is 0. The lowest BCUT2D eigenvalue weighted by Crippen LogP contribution is -1.99. The second-order valence-corrected chi connectivity index (χ2v) is 3.91. The molecule has 0 fully saturated rings. The molecule has 0 saturated carbocycles. The van der Waals surface area contributed by atoms with E-state index in [-0.39, 0.29) is 22.7 Å². The van der Waals surface area contributed by atoms with E-state index in [4.69, 9.17) is 5.73 Å². The van der Waals surface area contributed by atoms with E-state index in [2.05, 4.69) is 30.6 Å². The Morgan fingerprint density at radius 3 is 2.59 bits per heavy atom. The molecule has 0 aliphatic carbocycles. The molecular weight excluding hydrogens is 303 g/mol. The maximum absolute atomic E-state index is 13.6. The summed E-state index contributed by atoms with van der Waals surface area (Å²) in [6, 6.07) is 0.679. The zero-order valence-corrected chi connectivity index (χ0v) is 9.76. The first-order chi connectivity index (χ1) is 8.04. The number of nitrogens with two attached hydrogens (primary N) is 1. The molecule has 8 heteroatoms. The lowest BCUT2D eigenvalue weighted by Gasteiger charge is -2.03. The van der Waals surface area contributed by atoms with Crippen molar-refractivity contribution in [2.45, 2.75) is 6.54 Å². The van der Waals surface area contributed by atoms with Gasteiger partial charge in [0.2, 0.25) is 11.7 Å². The molecule has 90 valence electrons. The zero-order chi connectivity index (χ0) is 12.6. The molecule has 2 N–H and O–H groups in total. The van der Waals surface area contributed by atoms with Crippen LogP contribution in [0.4, 0.5) is 13.2 Å². The van der Waals surface area contributed by atoms with Crippen molar-refractivity contribution in [2.75, 3.05) is 0 Å². The Labute approximate surface area is 102 Å². The maximum Gasteiger partial charge on any atom is 0.240 e. The van der Waals surface area contributed by atoms with Crippen molar-refractivity contribution in [3.63, 3.8) is 0 Å². The monoisotopic (exact) mass is 307 g/mol. The summed E-state index contributed by atoms with van der Waals surface area (Å²) >= 11 is 2.76. The Bertz CT molecular complexity index is 547. The molecule has 0 atom stereocenters. The molecule has 0 bridgehead atoms. The van der Waals surface area contributed by atoms with Crippen molar-refractivity contribution >= 4 is 15.9 Å². The fourth-order valence-electron chi connectivity index (χ4n) is 1.21. The van der Waals surface area contributed by atoms with Crippen molar-refractivity contribution in [1.82, 2.24) is 10.1 Å². The number of benzene rings is 1. The molecule has 1 aromatic heterocycles. The van der Waals surface area contributed by atoms with Crippen molar-refractivity contribution in [2.24, 2.45) is 5.73 Å². The van der Waals surface area contributed by atoms with Gasteiger partial charge in [0.25, 0.3) is 0 Å². The van der Waals surface area contributed by atoms with Gasteiger partial charge in [0.05, 0.1) is 16.6 Å². The van der Waals surface area contributed by atoms with Crippen LogP contribution in [-0.2, 0) is 6.54 Å². The second-order valence-electron chi connectivity index (χ2n) is 3.06. The smallest absolute Gasteiger partial charge is 0.240 e. The maximum atomic E-state index is 13.6. The number of aromatic nitrogens is 2. The quantitative estimate of drug-likeness (QED) is 0.865. The molecule has 2 aromatic rings. The highest BCUT2D eigenvalue weighted by Crippen LogP contribution is 2.30. The van der Waals surface area contributed by atoms with E-state index in [9.17, 15) is 13.2 Å². The topological polar surface area (TPSA) is 64.9 Å². The van der Waals surface area contributed by atoms with Crippen LogP contribution in [0.2, 0.25) is 0 Å². The van der Waals surface area contributed by atoms with Crippen molar-refractivity contribution < 1.29 is 17.7 Å². The van der Waals surface area contributed by atoms with Crippen LogP contribution in [0, 0.1) is 17.5 Å². The number of rotatable bonds is 2. The Kier molecular flexibility index (Phi) is 3.16. The minimum absolute atomic E-state index is 0.000756. The summed E-state index contributed by atoms with van der Waals surface area (Å²) < 4.78 is 44.6. The minimum atomic E-state index is -1.38. The summed E-state index contributed by atoms with van der Waals surface area (Å²) in [5.74, 6) is -3.99. The molecule has 0 spiro atoms. The molecular formula is C9H5BrF3N3O. The van der Waals surface area contributed by atoms with Gasteiger partial charge in [0, 0.05) is 0 Å². The van der Waals surface area contributed by atoms with Gasteiger partial charge in [-0.25, -0.2) is 13.2 Å². The van der Waals surface area contributed by atoms with Crippen LogP contribution in [0.5, 0.6) is 0 Å². The minimum Gasteiger partial charge on any atom is -0.338 e. The average molecular weight is 308 g/mol. The number of halogens is 4. The van der Waals surface area contributed by atoms with Gasteiger partial charge in [-0.05, 0) is 22.0 Å². The van der Waals surface area contributed by atoms with E-state index < -0.39 is 23.0 Å². The van der Waals surface area contributed by atoms with E-state index in [0.717, 1.165) is 0 Å². The summed E-state index contributed by atoms with van der Waals surface area (Å²) in [5.41, 5.74) is 4.52. The third-order valence-electron chi connectivity index (χ3n) is 1.98. The number of hydrogen-bond donors (Lipinski definition) is 1. The standard InChI is InChI=1S/C9H5BrF3N3O/c10-3-1-4(11)8(13)6(7(3)12)9-15-5(2-14)17-16-9/h1H,2,14H2. The van der Waals surface area contributed by atoms with Crippen molar-refractivity contribution in [3.05, 3.63) is 33.9 Å². The molecule has 0 saturated heterocycles. The third kappa shape index (κ3) is 2.05.